The Balaban J connectivity index is 1.49. The Morgan fingerprint density at radius 3 is 2.32 bits per heavy atom. The Labute approximate surface area is 188 Å². The molecule has 1 aromatic carbocycles. The highest BCUT2D eigenvalue weighted by Gasteiger charge is 2.13. The molecule has 31 heavy (non-hydrogen) atoms. The van der Waals surface area contributed by atoms with Crippen LogP contribution in [0.15, 0.2) is 18.2 Å². The molecule has 178 valence electrons. The minimum Gasteiger partial charge on any atom is -0.506 e. The third-order valence-corrected chi connectivity index (χ3v) is 6.41. The van der Waals surface area contributed by atoms with Gasteiger partial charge in [-0.2, -0.15) is 0 Å². The summed E-state index contributed by atoms with van der Waals surface area (Å²) < 4.78 is 25.0. The van der Waals surface area contributed by atoms with Crippen LogP contribution >= 0.6 is 0 Å². The van der Waals surface area contributed by atoms with E-state index in [2.05, 4.69) is 14.9 Å². The summed E-state index contributed by atoms with van der Waals surface area (Å²) in [5.41, 5.74) is 0.635. The van der Waals surface area contributed by atoms with Gasteiger partial charge in [-0.05, 0) is 69.6 Å². The van der Waals surface area contributed by atoms with Gasteiger partial charge in [-0.25, -0.2) is 8.42 Å². The average Bonchev–Trinajstić information content (AvgIpc) is 2.73. The van der Waals surface area contributed by atoms with Crippen molar-refractivity contribution < 1.29 is 18.6 Å². The second-order valence-electron chi connectivity index (χ2n) is 8.75. The van der Waals surface area contributed by atoms with Crippen LogP contribution in [0.1, 0.15) is 75.9 Å². The van der Waals surface area contributed by atoms with Gasteiger partial charge in [0, 0.05) is 6.54 Å². The third-order valence-electron chi connectivity index (χ3n) is 5.82. The standard InChI is InChI=1S/C23H41N3O4S/c1-31(29,30)25-21-18-20(12-13-22(21)27)23(28)19-24-14-8-5-3-2-4-6-9-15-26-16-10-7-11-17-26/h12-13,18,23-25,27-28H,2-11,14-17,19H2,1H3/t23-/m0/s1. The molecule has 2 rings (SSSR count). The van der Waals surface area contributed by atoms with Gasteiger partial charge in [-0.1, -0.05) is 44.6 Å². The topological polar surface area (TPSA) is 102 Å². The SMILES string of the molecule is CS(=O)(=O)Nc1cc([C@@H](O)CNCCCCCCCCCN2CCCCC2)ccc1O. The van der Waals surface area contributed by atoms with Crippen LogP contribution in [0, 0.1) is 0 Å². The number of nitrogens with zero attached hydrogens (tertiary/aromatic N) is 1. The Morgan fingerprint density at radius 2 is 1.65 bits per heavy atom. The maximum Gasteiger partial charge on any atom is 0.229 e. The molecular weight excluding hydrogens is 414 g/mol. The fraction of sp³-hybridized carbons (Fsp3) is 0.739. The van der Waals surface area contributed by atoms with Crippen molar-refractivity contribution in [3.63, 3.8) is 0 Å². The molecule has 1 aromatic rings. The minimum atomic E-state index is -3.49. The van der Waals surface area contributed by atoms with E-state index in [0.29, 0.717) is 12.1 Å². The Morgan fingerprint density at radius 1 is 1.00 bits per heavy atom. The Bertz CT molecular complexity index is 736. The van der Waals surface area contributed by atoms with Crippen LogP contribution in [-0.4, -0.2) is 62.5 Å². The molecule has 0 unspecified atom stereocenters. The molecule has 0 aromatic heterocycles. The van der Waals surface area contributed by atoms with Gasteiger partial charge in [-0.3, -0.25) is 4.72 Å². The molecule has 0 spiro atoms. The van der Waals surface area contributed by atoms with Gasteiger partial charge in [0.05, 0.1) is 18.0 Å². The molecule has 0 aliphatic carbocycles. The van der Waals surface area contributed by atoms with Crippen molar-refractivity contribution in [2.45, 2.75) is 70.3 Å². The van der Waals surface area contributed by atoms with E-state index in [1.165, 1.54) is 89.6 Å². The van der Waals surface area contributed by atoms with Crippen LogP contribution in [0.2, 0.25) is 0 Å². The van der Waals surface area contributed by atoms with E-state index >= 15 is 0 Å². The maximum atomic E-state index is 11.4. The highest BCUT2D eigenvalue weighted by atomic mass is 32.2. The first-order valence-electron chi connectivity index (χ1n) is 11.8. The Hall–Kier alpha value is -1.35. The molecule has 1 fully saturated rings. The van der Waals surface area contributed by atoms with Crippen LogP contribution in [0.3, 0.4) is 0 Å². The molecule has 1 atom stereocenters. The third kappa shape index (κ3) is 11.2. The largest absolute Gasteiger partial charge is 0.506 e. The molecule has 8 heteroatoms. The number of sulfonamides is 1. The molecule has 7 nitrogen and oxygen atoms in total. The van der Waals surface area contributed by atoms with Gasteiger partial charge >= 0.3 is 0 Å². The van der Waals surface area contributed by atoms with E-state index in [1.54, 1.807) is 6.07 Å². The van der Waals surface area contributed by atoms with Gasteiger partial charge in [0.25, 0.3) is 0 Å². The zero-order valence-electron chi connectivity index (χ0n) is 19.0. The summed E-state index contributed by atoms with van der Waals surface area (Å²) in [6.45, 7) is 5.11. The highest BCUT2D eigenvalue weighted by molar-refractivity contribution is 7.92. The molecule has 0 saturated carbocycles. The summed E-state index contributed by atoms with van der Waals surface area (Å²) in [6.07, 6.45) is 13.2. The molecule has 1 aliphatic rings. The van der Waals surface area contributed by atoms with Gasteiger partial charge in [0.1, 0.15) is 5.75 Å². The second kappa shape index (κ2) is 13.9. The number of hydrogen-bond donors (Lipinski definition) is 4. The van der Waals surface area contributed by atoms with Crippen LogP contribution in [0.25, 0.3) is 0 Å². The first-order chi connectivity index (χ1) is 14.8. The lowest BCUT2D eigenvalue weighted by atomic mass is 10.1. The number of piperidine rings is 1. The lowest BCUT2D eigenvalue weighted by Crippen LogP contribution is -2.30. The highest BCUT2D eigenvalue weighted by Crippen LogP contribution is 2.27. The zero-order chi connectivity index (χ0) is 22.5. The fourth-order valence-electron chi connectivity index (χ4n) is 4.05. The number of aliphatic hydroxyl groups excluding tert-OH is 1. The van der Waals surface area contributed by atoms with E-state index in [-0.39, 0.29) is 11.4 Å². The number of unbranched alkanes of at least 4 members (excludes halogenated alkanes) is 6. The van der Waals surface area contributed by atoms with Crippen molar-refractivity contribution in [2.75, 3.05) is 43.7 Å². The van der Waals surface area contributed by atoms with E-state index in [0.717, 1.165) is 19.2 Å². The minimum absolute atomic E-state index is 0.0787. The van der Waals surface area contributed by atoms with Crippen LogP contribution in [-0.2, 0) is 10.0 Å². The summed E-state index contributed by atoms with van der Waals surface area (Å²) in [5, 5.41) is 23.4. The molecule has 0 amide bonds. The summed E-state index contributed by atoms with van der Waals surface area (Å²) in [5.74, 6) is -0.166. The quantitative estimate of drug-likeness (QED) is 0.238. The number of rotatable bonds is 15. The van der Waals surface area contributed by atoms with Crippen LogP contribution < -0.4 is 10.0 Å². The molecule has 0 radical (unpaired) electrons. The molecule has 4 N–H and O–H groups in total. The summed E-state index contributed by atoms with van der Waals surface area (Å²) in [4.78, 5) is 2.62. The van der Waals surface area contributed by atoms with Gasteiger partial charge in [-0.15, -0.1) is 0 Å². The predicted molar refractivity (Wildman–Crippen MR) is 127 cm³/mol. The molecule has 0 bridgehead atoms. The van der Waals surface area contributed by atoms with Crippen molar-refractivity contribution in [2.24, 2.45) is 0 Å². The number of aromatic hydroxyl groups is 1. The van der Waals surface area contributed by atoms with Crippen molar-refractivity contribution in [1.29, 1.82) is 0 Å². The molecule has 1 heterocycles. The summed E-state index contributed by atoms with van der Waals surface area (Å²) >= 11 is 0. The normalized spacial score (nSPS) is 16.3. The van der Waals surface area contributed by atoms with Crippen LogP contribution in [0.4, 0.5) is 5.69 Å². The van der Waals surface area contributed by atoms with Crippen LogP contribution in [0.5, 0.6) is 5.75 Å². The molecule has 1 saturated heterocycles. The van der Waals surface area contributed by atoms with Gasteiger partial charge in [0.2, 0.25) is 10.0 Å². The average molecular weight is 456 g/mol. The summed E-state index contributed by atoms with van der Waals surface area (Å²) in [6, 6.07) is 4.45. The van der Waals surface area contributed by atoms with Crippen molar-refractivity contribution >= 4 is 15.7 Å². The number of aliphatic hydroxyl groups is 1. The first kappa shape index (κ1) is 25.9. The number of benzene rings is 1. The molecule has 1 aliphatic heterocycles. The second-order valence-corrected chi connectivity index (χ2v) is 10.5. The number of phenolic OH excluding ortho intramolecular Hbond substituents is 1. The number of likely N-dealkylation sites (tertiary alicyclic amines) is 1. The van der Waals surface area contributed by atoms with Crippen molar-refractivity contribution in [3.05, 3.63) is 23.8 Å². The lowest BCUT2D eigenvalue weighted by molar-refractivity contribution is 0.174. The van der Waals surface area contributed by atoms with E-state index in [9.17, 15) is 18.6 Å². The smallest absolute Gasteiger partial charge is 0.229 e. The van der Waals surface area contributed by atoms with Gasteiger partial charge < -0.3 is 20.4 Å². The lowest BCUT2D eigenvalue weighted by Gasteiger charge is -2.26. The number of phenols is 1. The zero-order valence-corrected chi connectivity index (χ0v) is 19.8. The fourth-order valence-corrected chi connectivity index (χ4v) is 4.61. The van der Waals surface area contributed by atoms with Crippen molar-refractivity contribution in [3.8, 4) is 5.75 Å². The van der Waals surface area contributed by atoms with Crippen molar-refractivity contribution in [1.82, 2.24) is 10.2 Å². The number of hydrogen-bond acceptors (Lipinski definition) is 6. The van der Waals surface area contributed by atoms with E-state index < -0.39 is 16.1 Å². The number of anilines is 1. The molecular formula is C23H41N3O4S. The summed E-state index contributed by atoms with van der Waals surface area (Å²) in [7, 11) is -3.49. The van der Waals surface area contributed by atoms with Gasteiger partial charge in [0.15, 0.2) is 0 Å². The predicted octanol–water partition coefficient (Wildman–Crippen LogP) is 3.60. The monoisotopic (exact) mass is 455 g/mol. The van der Waals surface area contributed by atoms with E-state index in [1.807, 2.05) is 0 Å². The number of nitrogens with one attached hydrogen (secondary N) is 2. The Kier molecular flexibility index (Phi) is 11.6. The first-order valence-corrected chi connectivity index (χ1v) is 13.7. The van der Waals surface area contributed by atoms with E-state index in [4.69, 9.17) is 0 Å². The maximum absolute atomic E-state index is 11.4.